The van der Waals surface area contributed by atoms with E-state index < -0.39 is 0 Å². The Morgan fingerprint density at radius 2 is 1.86 bits per heavy atom. The van der Waals surface area contributed by atoms with Crippen molar-refractivity contribution in [1.82, 2.24) is 5.16 Å². The van der Waals surface area contributed by atoms with Gasteiger partial charge < -0.3 is 9.36 Å². The molecular weight excluding hydrogens is 344 g/mol. The van der Waals surface area contributed by atoms with E-state index in [9.17, 15) is 0 Å². The van der Waals surface area contributed by atoms with Gasteiger partial charge in [0, 0.05) is 21.7 Å². The molecule has 0 saturated carbocycles. The van der Waals surface area contributed by atoms with Gasteiger partial charge in [0.1, 0.15) is 5.69 Å². The second kappa shape index (κ2) is 7.04. The van der Waals surface area contributed by atoms with Gasteiger partial charge in [0.25, 0.3) is 0 Å². The van der Waals surface area contributed by atoms with Crippen molar-refractivity contribution in [2.45, 2.75) is 6.61 Å². The van der Waals surface area contributed by atoms with Gasteiger partial charge in [-0.3, -0.25) is 0 Å². The molecule has 0 atom stereocenters. The molecule has 0 fully saturated rings. The molecule has 0 N–H and O–H groups in total. The molecule has 0 saturated heterocycles. The predicted octanol–water partition coefficient (Wildman–Crippen LogP) is 4.65. The van der Waals surface area contributed by atoms with Gasteiger partial charge in [-0.25, -0.2) is 0 Å². The van der Waals surface area contributed by atoms with Crippen LogP contribution in [0.15, 0.2) is 74.8 Å². The third kappa shape index (κ3) is 3.62. The zero-order chi connectivity index (χ0) is 15.2. The van der Waals surface area contributed by atoms with Crippen molar-refractivity contribution in [2.24, 2.45) is 5.16 Å². The topological polar surface area (TPSA) is 47.6 Å². The normalized spacial score (nSPS) is 11.0. The molecule has 0 aliphatic carbocycles. The number of halogens is 1. The fraction of sp³-hybridized carbons (Fsp3) is 0.0588. The number of hydrogen-bond acceptors (Lipinski definition) is 4. The molecule has 0 aliphatic heterocycles. The molecule has 0 bridgehead atoms. The monoisotopic (exact) mass is 356 g/mol. The molecule has 110 valence electrons. The van der Waals surface area contributed by atoms with Crippen molar-refractivity contribution in [3.8, 4) is 11.3 Å². The Kier molecular flexibility index (Phi) is 4.65. The second-order valence-corrected chi connectivity index (χ2v) is 5.43. The van der Waals surface area contributed by atoms with Crippen molar-refractivity contribution in [3.63, 3.8) is 0 Å². The Balaban J connectivity index is 1.59. The summed E-state index contributed by atoms with van der Waals surface area (Å²) in [6, 6.07) is 19.4. The number of hydrogen-bond donors (Lipinski definition) is 0. The number of benzene rings is 2. The third-order valence-corrected chi connectivity index (χ3v) is 3.72. The summed E-state index contributed by atoms with van der Waals surface area (Å²) in [5.74, 6) is 0.717. The van der Waals surface area contributed by atoms with Crippen LogP contribution in [-0.4, -0.2) is 11.4 Å². The molecule has 0 spiro atoms. The third-order valence-electron chi connectivity index (χ3n) is 3.00. The van der Waals surface area contributed by atoms with Gasteiger partial charge in [0.15, 0.2) is 12.4 Å². The van der Waals surface area contributed by atoms with Crippen LogP contribution in [0.25, 0.3) is 11.3 Å². The van der Waals surface area contributed by atoms with E-state index in [-0.39, 0.29) is 6.61 Å². The second-order valence-electron chi connectivity index (χ2n) is 4.58. The summed E-state index contributed by atoms with van der Waals surface area (Å²) in [7, 11) is 0. The molecule has 0 amide bonds. The molecule has 4 nitrogen and oxygen atoms in total. The summed E-state index contributed by atoms with van der Waals surface area (Å²) in [6.45, 7) is 0.261. The van der Waals surface area contributed by atoms with Crippen molar-refractivity contribution in [1.29, 1.82) is 0 Å². The van der Waals surface area contributed by atoms with Crippen molar-refractivity contribution < 1.29 is 9.36 Å². The van der Waals surface area contributed by atoms with Crippen LogP contribution in [0.1, 0.15) is 11.3 Å². The molecule has 3 rings (SSSR count). The summed E-state index contributed by atoms with van der Waals surface area (Å²) in [4.78, 5) is 5.25. The van der Waals surface area contributed by atoms with Crippen LogP contribution in [0.3, 0.4) is 0 Å². The van der Waals surface area contributed by atoms with Gasteiger partial charge in [-0.2, -0.15) is 0 Å². The highest BCUT2D eigenvalue weighted by atomic mass is 79.9. The first kappa shape index (κ1) is 14.5. The summed E-state index contributed by atoms with van der Waals surface area (Å²) in [5.41, 5.74) is 2.63. The minimum absolute atomic E-state index is 0.261. The molecule has 5 heteroatoms. The highest BCUT2D eigenvalue weighted by molar-refractivity contribution is 9.10. The van der Waals surface area contributed by atoms with Gasteiger partial charge in [-0.1, -0.05) is 74.8 Å². The van der Waals surface area contributed by atoms with E-state index >= 15 is 0 Å². The Morgan fingerprint density at radius 3 is 2.68 bits per heavy atom. The van der Waals surface area contributed by atoms with E-state index in [1.54, 1.807) is 6.21 Å². The summed E-state index contributed by atoms with van der Waals surface area (Å²) in [5, 5.41) is 7.91. The van der Waals surface area contributed by atoms with Crippen LogP contribution in [0, 0.1) is 0 Å². The van der Waals surface area contributed by atoms with E-state index in [0.29, 0.717) is 11.5 Å². The molecule has 1 aromatic heterocycles. The molecule has 0 radical (unpaired) electrons. The number of rotatable bonds is 5. The Morgan fingerprint density at radius 1 is 1.09 bits per heavy atom. The van der Waals surface area contributed by atoms with E-state index in [2.05, 4.69) is 26.2 Å². The molecule has 22 heavy (non-hydrogen) atoms. The van der Waals surface area contributed by atoms with Gasteiger partial charge in [-0.05, 0) is 6.07 Å². The quantitative estimate of drug-likeness (QED) is 0.493. The average Bonchev–Trinajstić information content (AvgIpc) is 3.03. The van der Waals surface area contributed by atoms with Crippen LogP contribution in [-0.2, 0) is 11.4 Å². The Labute approximate surface area is 136 Å². The van der Waals surface area contributed by atoms with Crippen LogP contribution in [0.2, 0.25) is 0 Å². The highest BCUT2D eigenvalue weighted by Gasteiger charge is 2.06. The number of nitrogens with zero attached hydrogens (tertiary/aromatic N) is 2. The largest absolute Gasteiger partial charge is 0.389 e. The lowest BCUT2D eigenvalue weighted by Gasteiger charge is -1.97. The van der Waals surface area contributed by atoms with Crippen LogP contribution in [0.5, 0.6) is 0 Å². The zero-order valence-corrected chi connectivity index (χ0v) is 13.2. The first-order valence-corrected chi connectivity index (χ1v) is 7.53. The summed E-state index contributed by atoms with van der Waals surface area (Å²) >= 11 is 3.45. The first-order valence-electron chi connectivity index (χ1n) is 6.74. The maximum atomic E-state index is 5.30. The fourth-order valence-electron chi connectivity index (χ4n) is 1.90. The SMILES string of the molecule is Brc1ccccc1/C=N\OCc1cc(-c2ccccc2)on1. The van der Waals surface area contributed by atoms with Gasteiger partial charge in [-0.15, -0.1) is 0 Å². The van der Waals surface area contributed by atoms with Gasteiger partial charge >= 0.3 is 0 Å². The minimum atomic E-state index is 0.261. The lowest BCUT2D eigenvalue weighted by molar-refractivity contribution is 0.126. The van der Waals surface area contributed by atoms with Gasteiger partial charge in [0.05, 0.1) is 6.21 Å². The summed E-state index contributed by atoms with van der Waals surface area (Å²) in [6.07, 6.45) is 1.66. The highest BCUT2D eigenvalue weighted by Crippen LogP contribution is 2.20. The number of aromatic nitrogens is 1. The van der Waals surface area contributed by atoms with Crippen molar-refractivity contribution in [3.05, 3.63) is 76.4 Å². The Bertz CT molecular complexity index is 769. The predicted molar refractivity (Wildman–Crippen MR) is 88.5 cm³/mol. The van der Waals surface area contributed by atoms with Gasteiger partial charge in [0.2, 0.25) is 0 Å². The first-order chi connectivity index (χ1) is 10.8. The molecule has 0 aliphatic rings. The molecule has 2 aromatic carbocycles. The van der Waals surface area contributed by atoms with E-state index in [4.69, 9.17) is 9.36 Å². The Hall–Kier alpha value is -2.40. The molecule has 0 unspecified atom stereocenters. The minimum Gasteiger partial charge on any atom is -0.389 e. The lowest BCUT2D eigenvalue weighted by atomic mass is 10.2. The maximum Gasteiger partial charge on any atom is 0.167 e. The zero-order valence-electron chi connectivity index (χ0n) is 11.6. The lowest BCUT2D eigenvalue weighted by Crippen LogP contribution is -1.88. The fourth-order valence-corrected chi connectivity index (χ4v) is 2.28. The van der Waals surface area contributed by atoms with E-state index in [1.165, 1.54) is 0 Å². The molecule has 1 heterocycles. The standard InChI is InChI=1S/C17H13BrN2O2/c18-16-9-5-4-8-14(16)11-19-21-12-15-10-17(22-20-15)13-6-2-1-3-7-13/h1-11H,12H2/b19-11-. The van der Waals surface area contributed by atoms with Crippen LogP contribution >= 0.6 is 15.9 Å². The van der Waals surface area contributed by atoms with Crippen molar-refractivity contribution >= 4 is 22.1 Å². The average molecular weight is 357 g/mol. The van der Waals surface area contributed by atoms with E-state index in [0.717, 1.165) is 15.6 Å². The maximum absolute atomic E-state index is 5.30. The van der Waals surface area contributed by atoms with Crippen LogP contribution in [0.4, 0.5) is 0 Å². The number of oxime groups is 1. The smallest absolute Gasteiger partial charge is 0.167 e. The van der Waals surface area contributed by atoms with E-state index in [1.807, 2.05) is 60.7 Å². The van der Waals surface area contributed by atoms with Crippen LogP contribution < -0.4 is 0 Å². The summed E-state index contributed by atoms with van der Waals surface area (Å²) < 4.78 is 6.26. The van der Waals surface area contributed by atoms with Crippen molar-refractivity contribution in [2.75, 3.05) is 0 Å². The molecule has 3 aromatic rings. The molecular formula is C17H13BrN2O2.